The van der Waals surface area contributed by atoms with Crippen LogP contribution in [0.5, 0.6) is 0 Å². The number of carboxylic acid groups (broad SMARTS) is 1. The molecule has 1 aromatic rings. The third-order valence-electron chi connectivity index (χ3n) is 1.54. The number of halogens is 3. The molecule has 0 unspecified atom stereocenters. The van der Waals surface area contributed by atoms with E-state index in [-0.39, 0.29) is 21.5 Å². The Morgan fingerprint density at radius 2 is 1.92 bits per heavy atom. The van der Waals surface area contributed by atoms with Gasteiger partial charge >= 0.3 is 5.97 Å². The molecular formula is C8H5Cl3O2. The highest BCUT2D eigenvalue weighted by molar-refractivity contribution is 6.44. The molecule has 0 aliphatic heterocycles. The molecule has 0 amide bonds. The zero-order valence-electron chi connectivity index (χ0n) is 6.35. The number of rotatable bonds is 2. The van der Waals surface area contributed by atoms with Crippen LogP contribution in [0.1, 0.15) is 15.9 Å². The second-order valence-corrected chi connectivity index (χ2v) is 3.36. The normalized spacial score (nSPS) is 10.1. The maximum Gasteiger partial charge on any atom is 0.337 e. The van der Waals surface area contributed by atoms with Crippen LogP contribution in [0.25, 0.3) is 0 Å². The average Bonchev–Trinajstić information content (AvgIpc) is 2.09. The van der Waals surface area contributed by atoms with Crippen molar-refractivity contribution in [2.75, 3.05) is 0 Å². The van der Waals surface area contributed by atoms with Crippen molar-refractivity contribution in [3.8, 4) is 0 Å². The van der Waals surface area contributed by atoms with E-state index in [4.69, 9.17) is 39.9 Å². The second kappa shape index (κ2) is 4.18. The average molecular weight is 239 g/mol. The predicted octanol–water partition coefficient (Wildman–Crippen LogP) is 3.43. The highest BCUT2D eigenvalue weighted by Gasteiger charge is 2.13. The summed E-state index contributed by atoms with van der Waals surface area (Å²) in [6, 6.07) is 2.93. The van der Waals surface area contributed by atoms with Crippen molar-refractivity contribution in [3.05, 3.63) is 33.3 Å². The quantitative estimate of drug-likeness (QED) is 0.803. The van der Waals surface area contributed by atoms with E-state index in [1.807, 2.05) is 0 Å². The van der Waals surface area contributed by atoms with E-state index in [0.29, 0.717) is 5.56 Å². The van der Waals surface area contributed by atoms with Gasteiger partial charge in [-0.2, -0.15) is 0 Å². The molecule has 0 saturated heterocycles. The van der Waals surface area contributed by atoms with Gasteiger partial charge in [0.25, 0.3) is 0 Å². The van der Waals surface area contributed by atoms with E-state index < -0.39 is 5.97 Å². The molecule has 0 spiro atoms. The van der Waals surface area contributed by atoms with Gasteiger partial charge in [0.2, 0.25) is 0 Å². The van der Waals surface area contributed by atoms with E-state index >= 15 is 0 Å². The van der Waals surface area contributed by atoms with E-state index in [1.165, 1.54) is 6.07 Å². The van der Waals surface area contributed by atoms with Gasteiger partial charge in [0.05, 0.1) is 15.6 Å². The van der Waals surface area contributed by atoms with Gasteiger partial charge in [-0.05, 0) is 11.6 Å². The Kier molecular flexibility index (Phi) is 3.42. The monoisotopic (exact) mass is 238 g/mol. The molecule has 0 aliphatic carbocycles. The number of carbonyl (C=O) groups is 1. The first-order valence-corrected chi connectivity index (χ1v) is 4.63. The lowest BCUT2D eigenvalue weighted by Gasteiger charge is -2.04. The number of carboxylic acids is 1. The van der Waals surface area contributed by atoms with Crippen molar-refractivity contribution < 1.29 is 9.90 Å². The van der Waals surface area contributed by atoms with Crippen LogP contribution in [-0.4, -0.2) is 11.1 Å². The van der Waals surface area contributed by atoms with Crippen LogP contribution in [-0.2, 0) is 5.88 Å². The van der Waals surface area contributed by atoms with Gasteiger partial charge in [-0.1, -0.05) is 29.3 Å². The summed E-state index contributed by atoms with van der Waals surface area (Å²) >= 11 is 17.0. The molecule has 13 heavy (non-hydrogen) atoms. The van der Waals surface area contributed by atoms with Crippen molar-refractivity contribution in [1.29, 1.82) is 0 Å². The molecule has 1 rings (SSSR count). The molecule has 0 saturated carbocycles. The van der Waals surface area contributed by atoms with Gasteiger partial charge in [-0.25, -0.2) is 4.79 Å². The van der Waals surface area contributed by atoms with Crippen LogP contribution in [0.4, 0.5) is 0 Å². The number of benzene rings is 1. The van der Waals surface area contributed by atoms with Crippen molar-refractivity contribution >= 4 is 40.8 Å². The molecule has 0 aromatic heterocycles. The van der Waals surface area contributed by atoms with Crippen LogP contribution in [0.3, 0.4) is 0 Å². The van der Waals surface area contributed by atoms with E-state index in [0.717, 1.165) is 0 Å². The van der Waals surface area contributed by atoms with Crippen molar-refractivity contribution in [3.63, 3.8) is 0 Å². The van der Waals surface area contributed by atoms with Gasteiger partial charge in [-0.3, -0.25) is 0 Å². The maximum atomic E-state index is 10.6. The van der Waals surface area contributed by atoms with Crippen LogP contribution >= 0.6 is 34.8 Å². The summed E-state index contributed by atoms with van der Waals surface area (Å²) < 4.78 is 0. The molecule has 0 aliphatic rings. The predicted molar refractivity (Wildman–Crippen MR) is 53.0 cm³/mol. The Bertz CT molecular complexity index is 349. The molecule has 0 heterocycles. The molecule has 0 atom stereocenters. The lowest BCUT2D eigenvalue weighted by Crippen LogP contribution is -1.98. The summed E-state index contributed by atoms with van der Waals surface area (Å²) in [7, 11) is 0. The minimum atomic E-state index is -1.10. The highest BCUT2D eigenvalue weighted by atomic mass is 35.5. The number of hydrogen-bond donors (Lipinski definition) is 1. The van der Waals surface area contributed by atoms with Gasteiger partial charge in [0, 0.05) is 5.88 Å². The highest BCUT2D eigenvalue weighted by Crippen LogP contribution is 2.30. The fourth-order valence-electron chi connectivity index (χ4n) is 0.858. The standard InChI is InChI=1S/C8H5Cl3O2/c9-3-4-1-2-5(8(12)13)7(11)6(4)10/h1-2H,3H2,(H,12,13). The fraction of sp³-hybridized carbons (Fsp3) is 0.125. The minimum absolute atomic E-state index is 0.0134. The van der Waals surface area contributed by atoms with Crippen LogP contribution in [0.15, 0.2) is 12.1 Å². The summed E-state index contributed by atoms with van der Waals surface area (Å²) in [5, 5.41) is 8.92. The first-order chi connectivity index (χ1) is 6.07. The van der Waals surface area contributed by atoms with Gasteiger partial charge in [-0.15, -0.1) is 11.6 Å². The summed E-state index contributed by atoms with van der Waals surface area (Å²) in [6.45, 7) is 0. The van der Waals surface area contributed by atoms with Crippen molar-refractivity contribution in [1.82, 2.24) is 0 Å². The Morgan fingerprint density at radius 1 is 1.31 bits per heavy atom. The Labute approximate surface area is 90.0 Å². The number of hydrogen-bond acceptors (Lipinski definition) is 1. The van der Waals surface area contributed by atoms with Crippen molar-refractivity contribution in [2.45, 2.75) is 5.88 Å². The summed E-state index contributed by atoms with van der Waals surface area (Å²) in [6.07, 6.45) is 0. The second-order valence-electron chi connectivity index (χ2n) is 2.34. The lowest BCUT2D eigenvalue weighted by atomic mass is 10.1. The van der Waals surface area contributed by atoms with Gasteiger partial charge in [0.1, 0.15) is 0 Å². The zero-order chi connectivity index (χ0) is 10.0. The first kappa shape index (κ1) is 10.6. The van der Waals surface area contributed by atoms with Gasteiger partial charge < -0.3 is 5.11 Å². The SMILES string of the molecule is O=C(O)c1ccc(CCl)c(Cl)c1Cl. The summed E-state index contributed by atoms with van der Waals surface area (Å²) in [4.78, 5) is 10.6. The van der Waals surface area contributed by atoms with Crippen LogP contribution in [0.2, 0.25) is 10.0 Å². The van der Waals surface area contributed by atoms with Crippen molar-refractivity contribution in [2.24, 2.45) is 0 Å². The Hall–Kier alpha value is -0.440. The summed E-state index contributed by atoms with van der Waals surface area (Å²) in [5.74, 6) is -0.897. The first-order valence-electron chi connectivity index (χ1n) is 3.34. The third kappa shape index (κ3) is 2.08. The molecule has 0 radical (unpaired) electrons. The smallest absolute Gasteiger partial charge is 0.337 e. The number of aromatic carboxylic acids is 1. The Morgan fingerprint density at radius 3 is 2.38 bits per heavy atom. The Balaban J connectivity index is 3.31. The molecule has 1 N–H and O–H groups in total. The van der Waals surface area contributed by atoms with E-state index in [9.17, 15) is 4.79 Å². The topological polar surface area (TPSA) is 37.3 Å². The maximum absolute atomic E-state index is 10.6. The molecule has 1 aromatic carbocycles. The molecule has 70 valence electrons. The molecule has 5 heteroatoms. The largest absolute Gasteiger partial charge is 0.478 e. The van der Waals surface area contributed by atoms with Gasteiger partial charge in [0.15, 0.2) is 0 Å². The fourth-order valence-corrected chi connectivity index (χ4v) is 1.65. The zero-order valence-corrected chi connectivity index (χ0v) is 8.62. The minimum Gasteiger partial charge on any atom is -0.478 e. The lowest BCUT2D eigenvalue weighted by molar-refractivity contribution is 0.0697. The molecule has 0 fully saturated rings. The molecule has 0 bridgehead atoms. The van der Waals surface area contributed by atoms with Crippen LogP contribution < -0.4 is 0 Å². The summed E-state index contributed by atoms with van der Waals surface area (Å²) in [5.41, 5.74) is 0.610. The molecular weight excluding hydrogens is 234 g/mol. The van der Waals surface area contributed by atoms with E-state index in [2.05, 4.69) is 0 Å². The number of alkyl halides is 1. The molecule has 2 nitrogen and oxygen atoms in total. The van der Waals surface area contributed by atoms with E-state index in [1.54, 1.807) is 6.07 Å². The third-order valence-corrected chi connectivity index (χ3v) is 2.75. The van der Waals surface area contributed by atoms with Crippen LogP contribution in [0, 0.1) is 0 Å².